The molecule has 0 saturated carbocycles. The van der Waals surface area contributed by atoms with Crippen molar-refractivity contribution in [1.82, 2.24) is 16.0 Å². The third-order valence-electron chi connectivity index (χ3n) is 4.64. The molecule has 1 aromatic carbocycles. The predicted molar refractivity (Wildman–Crippen MR) is 105 cm³/mol. The van der Waals surface area contributed by atoms with Crippen molar-refractivity contribution in [3.63, 3.8) is 0 Å². The second kappa shape index (κ2) is 11.2. The molecule has 0 bridgehead atoms. The van der Waals surface area contributed by atoms with E-state index in [2.05, 4.69) is 16.0 Å². The second-order valence-corrected chi connectivity index (χ2v) is 6.60. The number of ether oxygens (including phenoxy) is 1. The monoisotopic (exact) mass is 383 g/mol. The number of hydrogen-bond donors (Lipinski definition) is 3. The van der Waals surface area contributed by atoms with Crippen molar-refractivity contribution in [1.29, 1.82) is 0 Å². The molecule has 0 radical (unpaired) electrons. The third-order valence-corrected chi connectivity index (χ3v) is 4.64. The number of carbonyl (C=O) groups excluding carboxylic acids is 2. The lowest BCUT2D eigenvalue weighted by Crippen LogP contribution is -2.49. The highest BCUT2D eigenvalue weighted by molar-refractivity contribution is 5.94. The number of methoxy groups -OCH3 is 1. The van der Waals surface area contributed by atoms with E-state index in [0.717, 1.165) is 37.9 Å². The van der Waals surface area contributed by atoms with Gasteiger partial charge in [0, 0.05) is 25.8 Å². The molecule has 1 aliphatic heterocycles. The fraction of sp³-hybridized carbons (Fsp3) is 0.579. The van der Waals surface area contributed by atoms with Gasteiger partial charge in [0.2, 0.25) is 5.91 Å². The molecule has 3 N–H and O–H groups in total. The van der Waals surface area contributed by atoms with Crippen LogP contribution in [0.15, 0.2) is 24.3 Å². The van der Waals surface area contributed by atoms with E-state index in [1.54, 1.807) is 13.2 Å². The summed E-state index contributed by atoms with van der Waals surface area (Å²) in [5.41, 5.74) is 1.07. The van der Waals surface area contributed by atoms with Gasteiger partial charge in [-0.1, -0.05) is 19.1 Å². The summed E-state index contributed by atoms with van der Waals surface area (Å²) in [6, 6.07) is 7.38. The molecule has 1 aromatic rings. The second-order valence-electron chi connectivity index (χ2n) is 6.60. The van der Waals surface area contributed by atoms with Gasteiger partial charge in [-0.2, -0.15) is 0 Å². The number of rotatable bonds is 8. The molecule has 1 aliphatic rings. The van der Waals surface area contributed by atoms with Gasteiger partial charge in [-0.05, 0) is 50.0 Å². The molecule has 1 saturated heterocycles. The molecular weight excluding hydrogens is 354 g/mol. The first-order valence-electron chi connectivity index (χ1n) is 8.96. The molecule has 0 unspecified atom stereocenters. The van der Waals surface area contributed by atoms with Gasteiger partial charge in [0.25, 0.3) is 5.91 Å². The summed E-state index contributed by atoms with van der Waals surface area (Å²) in [7, 11) is 1.63. The van der Waals surface area contributed by atoms with Gasteiger partial charge in [-0.25, -0.2) is 0 Å². The summed E-state index contributed by atoms with van der Waals surface area (Å²) in [6.07, 6.45) is 2.44. The van der Waals surface area contributed by atoms with Crippen LogP contribution in [-0.2, 0) is 16.1 Å². The van der Waals surface area contributed by atoms with E-state index in [1.165, 1.54) is 0 Å². The molecule has 2 amide bonds. The summed E-state index contributed by atoms with van der Waals surface area (Å²) >= 11 is 0. The number of piperidine rings is 1. The molecule has 0 atom stereocenters. The Balaban J connectivity index is 0.00000338. The Hall–Kier alpha value is -1.63. The van der Waals surface area contributed by atoms with E-state index in [1.807, 2.05) is 25.1 Å². The van der Waals surface area contributed by atoms with Crippen molar-refractivity contribution >= 4 is 24.2 Å². The first kappa shape index (κ1) is 22.4. The Labute approximate surface area is 161 Å². The van der Waals surface area contributed by atoms with Crippen LogP contribution in [0.1, 0.15) is 42.1 Å². The largest absolute Gasteiger partial charge is 0.384 e. The molecule has 26 heavy (non-hydrogen) atoms. The van der Waals surface area contributed by atoms with E-state index in [0.29, 0.717) is 25.3 Å². The van der Waals surface area contributed by atoms with Crippen LogP contribution >= 0.6 is 12.4 Å². The lowest BCUT2D eigenvalue weighted by molar-refractivity contribution is -0.136. The molecule has 0 aliphatic carbocycles. The molecule has 1 heterocycles. The quantitative estimate of drug-likeness (QED) is 0.640. The van der Waals surface area contributed by atoms with Crippen LogP contribution in [0.25, 0.3) is 0 Å². The lowest BCUT2D eigenvalue weighted by atomic mass is 9.78. The van der Waals surface area contributed by atoms with Gasteiger partial charge in [-0.15, -0.1) is 12.4 Å². The van der Waals surface area contributed by atoms with Crippen LogP contribution in [0.4, 0.5) is 0 Å². The zero-order valence-electron chi connectivity index (χ0n) is 15.6. The third kappa shape index (κ3) is 5.97. The number of halogens is 1. The number of hydrogen-bond acceptors (Lipinski definition) is 4. The Morgan fingerprint density at radius 3 is 2.62 bits per heavy atom. The molecule has 2 rings (SSSR count). The van der Waals surface area contributed by atoms with E-state index in [-0.39, 0.29) is 24.2 Å². The standard InChI is InChI=1S/C19H29N3O3.ClH/c1-3-9-21-17(23)16-6-4-5-15(12-16)13-22-18(24)19(14-25-2)7-10-20-11-8-19;/h4-6,12,20H,3,7-11,13-14H2,1-2H3,(H,21,23)(H,22,24);1H. The van der Waals surface area contributed by atoms with Crippen LogP contribution in [0, 0.1) is 5.41 Å². The number of carbonyl (C=O) groups is 2. The maximum atomic E-state index is 12.7. The lowest BCUT2D eigenvalue weighted by Gasteiger charge is -2.35. The SMILES string of the molecule is CCCNC(=O)c1cccc(CNC(=O)C2(COC)CCNCC2)c1.Cl. The molecule has 6 nitrogen and oxygen atoms in total. The van der Waals surface area contributed by atoms with Crippen molar-refractivity contribution in [2.45, 2.75) is 32.7 Å². The minimum absolute atomic E-state index is 0. The van der Waals surface area contributed by atoms with E-state index in [4.69, 9.17) is 4.74 Å². The first-order valence-corrected chi connectivity index (χ1v) is 8.96. The number of benzene rings is 1. The Kier molecular flexibility index (Phi) is 9.62. The van der Waals surface area contributed by atoms with Crippen molar-refractivity contribution in [2.75, 3.05) is 33.4 Å². The van der Waals surface area contributed by atoms with Crippen molar-refractivity contribution in [2.24, 2.45) is 5.41 Å². The van der Waals surface area contributed by atoms with Crippen molar-refractivity contribution in [3.05, 3.63) is 35.4 Å². The Bertz CT molecular complexity index is 584. The molecule has 146 valence electrons. The number of amides is 2. The zero-order chi connectivity index (χ0) is 18.1. The summed E-state index contributed by atoms with van der Waals surface area (Å²) in [4.78, 5) is 24.8. The minimum Gasteiger partial charge on any atom is -0.384 e. The van der Waals surface area contributed by atoms with E-state index < -0.39 is 5.41 Å². The summed E-state index contributed by atoms with van der Waals surface area (Å²) in [6.45, 7) is 5.16. The van der Waals surface area contributed by atoms with Gasteiger partial charge < -0.3 is 20.7 Å². The van der Waals surface area contributed by atoms with Gasteiger partial charge in [0.05, 0.1) is 12.0 Å². The molecule has 7 heteroatoms. The van der Waals surface area contributed by atoms with E-state index in [9.17, 15) is 9.59 Å². The summed E-state index contributed by atoms with van der Waals surface area (Å²) in [5, 5.41) is 9.17. The molecular formula is C19H30ClN3O3. The zero-order valence-corrected chi connectivity index (χ0v) is 16.4. The summed E-state index contributed by atoms with van der Waals surface area (Å²) < 4.78 is 5.30. The highest BCUT2D eigenvalue weighted by atomic mass is 35.5. The maximum absolute atomic E-state index is 12.7. The smallest absolute Gasteiger partial charge is 0.251 e. The highest BCUT2D eigenvalue weighted by Gasteiger charge is 2.39. The van der Waals surface area contributed by atoms with Gasteiger partial charge in [0.1, 0.15) is 0 Å². The van der Waals surface area contributed by atoms with Gasteiger partial charge in [0.15, 0.2) is 0 Å². The minimum atomic E-state index is -0.462. The summed E-state index contributed by atoms with van der Waals surface area (Å²) in [5.74, 6) is -0.0547. The van der Waals surface area contributed by atoms with Crippen molar-refractivity contribution in [3.8, 4) is 0 Å². The highest BCUT2D eigenvalue weighted by Crippen LogP contribution is 2.29. The van der Waals surface area contributed by atoms with Crippen LogP contribution in [0.2, 0.25) is 0 Å². The van der Waals surface area contributed by atoms with Crippen LogP contribution in [0.3, 0.4) is 0 Å². The fourth-order valence-electron chi connectivity index (χ4n) is 3.15. The first-order chi connectivity index (χ1) is 12.1. The molecule has 0 aromatic heterocycles. The molecule has 1 fully saturated rings. The normalized spacial score (nSPS) is 15.6. The van der Waals surface area contributed by atoms with Crippen molar-refractivity contribution < 1.29 is 14.3 Å². The average molecular weight is 384 g/mol. The maximum Gasteiger partial charge on any atom is 0.251 e. The van der Waals surface area contributed by atoms with Gasteiger partial charge >= 0.3 is 0 Å². The predicted octanol–water partition coefficient (Wildman–Crippen LogP) is 1.88. The topological polar surface area (TPSA) is 79.5 Å². The van der Waals surface area contributed by atoms with Gasteiger partial charge in [-0.3, -0.25) is 9.59 Å². The van der Waals surface area contributed by atoms with Crippen LogP contribution in [-0.4, -0.2) is 45.2 Å². The fourth-order valence-corrected chi connectivity index (χ4v) is 3.15. The molecule has 0 spiro atoms. The van der Waals surface area contributed by atoms with Crippen LogP contribution < -0.4 is 16.0 Å². The van der Waals surface area contributed by atoms with E-state index >= 15 is 0 Å². The Morgan fingerprint density at radius 1 is 1.23 bits per heavy atom. The number of nitrogens with one attached hydrogen (secondary N) is 3. The van der Waals surface area contributed by atoms with Crippen LogP contribution in [0.5, 0.6) is 0 Å². The average Bonchev–Trinajstić information content (AvgIpc) is 2.65. The Morgan fingerprint density at radius 2 is 1.96 bits per heavy atom.